The van der Waals surface area contributed by atoms with E-state index in [1.807, 2.05) is 0 Å². The topological polar surface area (TPSA) is 0 Å². The van der Waals surface area contributed by atoms with Crippen molar-refractivity contribution in [1.29, 1.82) is 0 Å². The van der Waals surface area contributed by atoms with Crippen LogP contribution in [0.1, 0.15) is 11.1 Å². The molecular formula is C38H28. The van der Waals surface area contributed by atoms with Gasteiger partial charge >= 0.3 is 0 Å². The van der Waals surface area contributed by atoms with Crippen molar-refractivity contribution >= 4 is 32.3 Å². The third kappa shape index (κ3) is 3.78. The molecule has 0 amide bonds. The standard InChI is InChI=1S/C38H28/c1-25-20-26(2)22-32(21-25)30-17-16-29-24-31(19-18-28(29)23-30)38-35-14-8-6-12-33(35)37(27-10-4-3-5-11-27)34-13-7-9-15-36(34)38/h3-24H,1-2H3. The molecule has 0 aliphatic rings. The van der Waals surface area contributed by atoms with E-state index in [2.05, 4.69) is 147 Å². The molecule has 0 aromatic heterocycles. The Hall–Kier alpha value is -4.68. The lowest BCUT2D eigenvalue weighted by Crippen LogP contribution is -1.91. The van der Waals surface area contributed by atoms with Gasteiger partial charge in [-0.05, 0) is 91.7 Å². The van der Waals surface area contributed by atoms with Crippen LogP contribution in [-0.2, 0) is 0 Å². The summed E-state index contributed by atoms with van der Waals surface area (Å²) < 4.78 is 0. The Balaban J connectivity index is 1.46. The minimum atomic E-state index is 1.25. The Morgan fingerprint density at radius 1 is 0.316 bits per heavy atom. The van der Waals surface area contributed by atoms with E-state index >= 15 is 0 Å². The van der Waals surface area contributed by atoms with Gasteiger partial charge in [0.15, 0.2) is 0 Å². The van der Waals surface area contributed by atoms with Gasteiger partial charge in [0.2, 0.25) is 0 Å². The summed E-state index contributed by atoms with van der Waals surface area (Å²) in [7, 11) is 0. The monoisotopic (exact) mass is 484 g/mol. The Morgan fingerprint density at radius 2 is 0.763 bits per heavy atom. The van der Waals surface area contributed by atoms with Crippen molar-refractivity contribution in [1.82, 2.24) is 0 Å². The minimum absolute atomic E-state index is 1.25. The summed E-state index contributed by atoms with van der Waals surface area (Å²) in [5.41, 5.74) is 10.3. The first-order valence-electron chi connectivity index (χ1n) is 13.3. The Bertz CT molecular complexity index is 1900. The Labute approximate surface area is 223 Å². The van der Waals surface area contributed by atoms with Gasteiger partial charge in [-0.15, -0.1) is 0 Å². The van der Waals surface area contributed by atoms with Crippen LogP contribution in [0.3, 0.4) is 0 Å². The van der Waals surface area contributed by atoms with E-state index in [4.69, 9.17) is 0 Å². The summed E-state index contributed by atoms with van der Waals surface area (Å²) in [5, 5.41) is 7.68. The largest absolute Gasteiger partial charge is 0.0622 e. The first-order chi connectivity index (χ1) is 18.7. The van der Waals surface area contributed by atoms with Crippen LogP contribution >= 0.6 is 0 Å². The minimum Gasteiger partial charge on any atom is -0.0622 e. The zero-order chi connectivity index (χ0) is 25.6. The van der Waals surface area contributed by atoms with E-state index in [1.54, 1.807) is 0 Å². The fourth-order valence-corrected chi connectivity index (χ4v) is 6.08. The fraction of sp³-hybridized carbons (Fsp3) is 0.0526. The zero-order valence-electron chi connectivity index (χ0n) is 21.7. The summed E-state index contributed by atoms with van der Waals surface area (Å²) in [6, 6.07) is 49.1. The highest BCUT2D eigenvalue weighted by Crippen LogP contribution is 2.44. The van der Waals surface area contributed by atoms with Crippen LogP contribution in [0.5, 0.6) is 0 Å². The van der Waals surface area contributed by atoms with Crippen LogP contribution in [0.2, 0.25) is 0 Å². The number of fused-ring (bicyclic) bond motifs is 3. The van der Waals surface area contributed by atoms with Gasteiger partial charge in [0, 0.05) is 0 Å². The lowest BCUT2D eigenvalue weighted by Gasteiger charge is -2.18. The molecule has 0 N–H and O–H groups in total. The molecule has 0 nitrogen and oxygen atoms in total. The number of benzene rings is 7. The molecule has 0 aliphatic carbocycles. The van der Waals surface area contributed by atoms with Gasteiger partial charge in [-0.2, -0.15) is 0 Å². The molecule has 38 heavy (non-hydrogen) atoms. The van der Waals surface area contributed by atoms with E-state index in [-0.39, 0.29) is 0 Å². The van der Waals surface area contributed by atoms with Crippen molar-refractivity contribution in [2.75, 3.05) is 0 Å². The van der Waals surface area contributed by atoms with E-state index in [0.29, 0.717) is 0 Å². The molecule has 0 heterocycles. The van der Waals surface area contributed by atoms with E-state index in [1.165, 1.54) is 76.8 Å². The molecule has 0 atom stereocenters. The van der Waals surface area contributed by atoms with Crippen LogP contribution in [-0.4, -0.2) is 0 Å². The summed E-state index contributed by atoms with van der Waals surface area (Å²) in [6.07, 6.45) is 0. The van der Waals surface area contributed by atoms with E-state index < -0.39 is 0 Å². The van der Waals surface area contributed by atoms with Gasteiger partial charge in [0.1, 0.15) is 0 Å². The summed E-state index contributed by atoms with van der Waals surface area (Å²) in [4.78, 5) is 0. The third-order valence-electron chi connectivity index (χ3n) is 7.68. The van der Waals surface area contributed by atoms with E-state index in [0.717, 1.165) is 0 Å². The molecule has 7 aromatic carbocycles. The van der Waals surface area contributed by atoms with Gasteiger partial charge in [0.05, 0.1) is 0 Å². The predicted octanol–water partition coefficient (Wildman–Crippen LogP) is 10.8. The number of hydrogen-bond acceptors (Lipinski definition) is 0. The van der Waals surface area contributed by atoms with Gasteiger partial charge in [-0.3, -0.25) is 0 Å². The van der Waals surface area contributed by atoms with Crippen LogP contribution < -0.4 is 0 Å². The van der Waals surface area contributed by atoms with Gasteiger partial charge in [0.25, 0.3) is 0 Å². The first-order valence-corrected chi connectivity index (χ1v) is 13.3. The summed E-state index contributed by atoms with van der Waals surface area (Å²) in [6.45, 7) is 4.34. The van der Waals surface area contributed by atoms with Crippen molar-refractivity contribution in [2.45, 2.75) is 13.8 Å². The molecule has 0 radical (unpaired) electrons. The predicted molar refractivity (Wildman–Crippen MR) is 165 cm³/mol. The highest BCUT2D eigenvalue weighted by molar-refractivity contribution is 6.21. The van der Waals surface area contributed by atoms with Crippen molar-refractivity contribution < 1.29 is 0 Å². The lowest BCUT2D eigenvalue weighted by molar-refractivity contribution is 1.38. The molecule has 0 heteroatoms. The van der Waals surface area contributed by atoms with Crippen LogP contribution in [0.25, 0.3) is 65.7 Å². The molecule has 0 aliphatic heterocycles. The molecule has 0 bridgehead atoms. The molecule has 180 valence electrons. The Kier molecular flexibility index (Phi) is 5.34. The molecule has 7 rings (SSSR count). The normalized spacial score (nSPS) is 11.4. The van der Waals surface area contributed by atoms with Crippen molar-refractivity contribution in [3.8, 4) is 33.4 Å². The maximum Gasteiger partial charge on any atom is -0.00262 e. The molecule has 0 saturated carbocycles. The van der Waals surface area contributed by atoms with Crippen molar-refractivity contribution in [2.24, 2.45) is 0 Å². The smallest absolute Gasteiger partial charge is 0.00262 e. The van der Waals surface area contributed by atoms with Gasteiger partial charge < -0.3 is 0 Å². The third-order valence-corrected chi connectivity index (χ3v) is 7.68. The van der Waals surface area contributed by atoms with Gasteiger partial charge in [-0.25, -0.2) is 0 Å². The lowest BCUT2D eigenvalue weighted by atomic mass is 9.85. The number of hydrogen-bond donors (Lipinski definition) is 0. The second kappa shape index (κ2) is 9.01. The Morgan fingerprint density at radius 3 is 1.32 bits per heavy atom. The second-order valence-corrected chi connectivity index (χ2v) is 10.4. The highest BCUT2D eigenvalue weighted by atomic mass is 14.2. The first kappa shape index (κ1) is 22.5. The number of aryl methyl sites for hydroxylation is 2. The SMILES string of the molecule is Cc1cc(C)cc(-c2ccc3cc(-c4c5ccccc5c(-c5ccccc5)c5ccccc45)ccc3c2)c1. The van der Waals surface area contributed by atoms with Crippen LogP contribution in [0, 0.1) is 13.8 Å². The highest BCUT2D eigenvalue weighted by Gasteiger charge is 2.16. The maximum absolute atomic E-state index is 2.36. The molecule has 0 fully saturated rings. The molecule has 0 unspecified atom stereocenters. The van der Waals surface area contributed by atoms with Crippen LogP contribution in [0.15, 0.2) is 133 Å². The number of rotatable bonds is 3. The molecule has 0 saturated heterocycles. The maximum atomic E-state index is 2.36. The second-order valence-electron chi connectivity index (χ2n) is 10.4. The molecule has 0 spiro atoms. The van der Waals surface area contributed by atoms with Gasteiger partial charge in [-0.1, -0.05) is 132 Å². The quantitative estimate of drug-likeness (QED) is 0.219. The zero-order valence-corrected chi connectivity index (χ0v) is 21.7. The van der Waals surface area contributed by atoms with E-state index in [9.17, 15) is 0 Å². The fourth-order valence-electron chi connectivity index (χ4n) is 6.08. The van der Waals surface area contributed by atoms with Crippen molar-refractivity contribution in [3.63, 3.8) is 0 Å². The molecule has 7 aromatic rings. The average Bonchev–Trinajstić information content (AvgIpc) is 2.95. The summed E-state index contributed by atoms with van der Waals surface area (Å²) in [5.74, 6) is 0. The summed E-state index contributed by atoms with van der Waals surface area (Å²) >= 11 is 0. The molecular weight excluding hydrogens is 456 g/mol. The van der Waals surface area contributed by atoms with Crippen LogP contribution in [0.4, 0.5) is 0 Å². The van der Waals surface area contributed by atoms with Crippen molar-refractivity contribution in [3.05, 3.63) is 145 Å². The average molecular weight is 485 g/mol.